The number of nitrogens with zero attached hydrogens (tertiary/aromatic N) is 1. The lowest BCUT2D eigenvalue weighted by Crippen LogP contribution is -2.46. The molecule has 3 rings (SSSR count). The van der Waals surface area contributed by atoms with Gasteiger partial charge in [0.25, 0.3) is 0 Å². The molecule has 5 heteroatoms. The highest BCUT2D eigenvalue weighted by Crippen LogP contribution is 2.50. The molecule has 1 aliphatic carbocycles. The number of aromatic nitrogens is 1. The number of carboxylic acids is 1. The van der Waals surface area contributed by atoms with Crippen LogP contribution in [-0.2, 0) is 4.79 Å². The first-order chi connectivity index (χ1) is 9.72. The lowest BCUT2D eigenvalue weighted by atomic mass is 10.1. The second kappa shape index (κ2) is 5.79. The number of ether oxygens (including phenoxy) is 1. The fourth-order valence-electron chi connectivity index (χ4n) is 2.69. The second-order valence-corrected chi connectivity index (χ2v) is 5.74. The van der Waals surface area contributed by atoms with Gasteiger partial charge in [0.15, 0.2) is 0 Å². The maximum absolute atomic E-state index is 10.6. The summed E-state index contributed by atoms with van der Waals surface area (Å²) in [6.45, 7) is 1.78. The smallest absolute Gasteiger partial charge is 0.303 e. The molecule has 2 heterocycles. The van der Waals surface area contributed by atoms with Gasteiger partial charge in [-0.15, -0.1) is 0 Å². The Bertz CT molecular complexity index is 488. The van der Waals surface area contributed by atoms with Gasteiger partial charge in [0, 0.05) is 18.7 Å². The largest absolute Gasteiger partial charge is 0.490 e. The zero-order valence-electron chi connectivity index (χ0n) is 11.4. The number of pyridine rings is 1. The normalized spacial score (nSPS) is 27.7. The van der Waals surface area contributed by atoms with Crippen molar-refractivity contribution < 1.29 is 14.6 Å². The predicted molar refractivity (Wildman–Crippen MR) is 73.9 cm³/mol. The number of hydrogen-bond acceptors (Lipinski definition) is 4. The Morgan fingerprint density at radius 1 is 1.50 bits per heavy atom. The van der Waals surface area contributed by atoms with E-state index in [4.69, 9.17) is 9.84 Å². The van der Waals surface area contributed by atoms with Crippen molar-refractivity contribution in [3.05, 3.63) is 24.0 Å². The molecular weight excluding hydrogens is 256 g/mol. The van der Waals surface area contributed by atoms with Gasteiger partial charge in [-0.05, 0) is 49.3 Å². The summed E-state index contributed by atoms with van der Waals surface area (Å²) in [6, 6.07) is 2.53. The molecule has 0 bridgehead atoms. The van der Waals surface area contributed by atoms with Crippen LogP contribution in [0.15, 0.2) is 18.5 Å². The van der Waals surface area contributed by atoms with E-state index in [0.29, 0.717) is 24.5 Å². The van der Waals surface area contributed by atoms with Gasteiger partial charge in [-0.3, -0.25) is 9.78 Å². The van der Waals surface area contributed by atoms with Crippen molar-refractivity contribution in [2.75, 3.05) is 13.2 Å². The Kier molecular flexibility index (Phi) is 3.87. The van der Waals surface area contributed by atoms with Gasteiger partial charge in [-0.25, -0.2) is 0 Å². The Balaban J connectivity index is 1.51. The molecule has 1 aromatic heterocycles. The molecule has 1 saturated carbocycles. The maximum atomic E-state index is 10.6. The summed E-state index contributed by atoms with van der Waals surface area (Å²) in [5.74, 6) is 1.07. The third-order valence-electron chi connectivity index (χ3n) is 4.19. The average Bonchev–Trinajstić information content (AvgIpc) is 3.14. The van der Waals surface area contributed by atoms with E-state index in [1.54, 1.807) is 6.20 Å². The van der Waals surface area contributed by atoms with E-state index in [-0.39, 0.29) is 6.42 Å². The molecule has 2 fully saturated rings. The van der Waals surface area contributed by atoms with Crippen LogP contribution < -0.4 is 10.1 Å². The van der Waals surface area contributed by atoms with E-state index in [1.807, 2.05) is 6.20 Å². The highest BCUT2D eigenvalue weighted by atomic mass is 16.5. The van der Waals surface area contributed by atoms with Gasteiger partial charge in [0.05, 0.1) is 6.20 Å². The molecule has 1 aromatic rings. The lowest BCUT2D eigenvalue weighted by molar-refractivity contribution is -0.137. The summed E-state index contributed by atoms with van der Waals surface area (Å²) >= 11 is 0. The van der Waals surface area contributed by atoms with Gasteiger partial charge in [-0.1, -0.05) is 0 Å². The van der Waals surface area contributed by atoms with Gasteiger partial charge in [0.2, 0.25) is 0 Å². The second-order valence-electron chi connectivity index (χ2n) is 5.74. The molecule has 3 atom stereocenters. The number of nitrogens with one attached hydrogen (secondary N) is 1. The molecule has 0 radical (unpaired) electrons. The number of carbonyl (C=O) groups is 1. The SMILES string of the molecule is O=C(O)CC[C@H]1C[C@@H]1c1cncc(OC[C@@H]2CCN2)c1. The van der Waals surface area contributed by atoms with Crippen molar-refractivity contribution >= 4 is 5.97 Å². The van der Waals surface area contributed by atoms with Crippen LogP contribution in [0, 0.1) is 5.92 Å². The third kappa shape index (κ3) is 3.28. The highest BCUT2D eigenvalue weighted by Gasteiger charge is 2.38. The standard InChI is InChI=1S/C15H20N2O3/c18-15(19)2-1-10-6-14(10)11-5-13(8-16-7-11)20-9-12-3-4-17-12/h5,7-8,10,12,14,17H,1-4,6,9H2,(H,18,19)/t10-,12-,14-/m0/s1. The first kappa shape index (κ1) is 13.4. The number of rotatable bonds is 7. The molecule has 20 heavy (non-hydrogen) atoms. The minimum absolute atomic E-state index is 0.262. The van der Waals surface area contributed by atoms with Crippen LogP contribution in [0.3, 0.4) is 0 Å². The Hall–Kier alpha value is -1.62. The lowest BCUT2D eigenvalue weighted by Gasteiger charge is -2.27. The Morgan fingerprint density at radius 3 is 3.05 bits per heavy atom. The Morgan fingerprint density at radius 2 is 2.35 bits per heavy atom. The molecule has 0 spiro atoms. The zero-order valence-corrected chi connectivity index (χ0v) is 11.4. The van der Waals surface area contributed by atoms with Crippen molar-refractivity contribution in [3.8, 4) is 5.75 Å². The molecule has 2 aliphatic rings. The van der Waals surface area contributed by atoms with Crippen LogP contribution in [0.5, 0.6) is 5.75 Å². The Labute approximate surface area is 118 Å². The van der Waals surface area contributed by atoms with Crippen LogP contribution >= 0.6 is 0 Å². The van der Waals surface area contributed by atoms with E-state index in [1.165, 1.54) is 12.0 Å². The van der Waals surface area contributed by atoms with E-state index in [2.05, 4.69) is 16.4 Å². The van der Waals surface area contributed by atoms with Crippen LogP contribution in [0.25, 0.3) is 0 Å². The monoisotopic (exact) mass is 276 g/mol. The summed E-state index contributed by atoms with van der Waals surface area (Å²) in [7, 11) is 0. The summed E-state index contributed by atoms with van der Waals surface area (Å²) < 4.78 is 5.74. The van der Waals surface area contributed by atoms with Gasteiger partial charge >= 0.3 is 5.97 Å². The molecule has 1 aliphatic heterocycles. The quantitative estimate of drug-likeness (QED) is 0.794. The first-order valence-corrected chi connectivity index (χ1v) is 7.25. The molecule has 0 unspecified atom stereocenters. The zero-order chi connectivity index (χ0) is 13.9. The third-order valence-corrected chi connectivity index (χ3v) is 4.19. The molecule has 2 N–H and O–H groups in total. The summed E-state index contributed by atoms with van der Waals surface area (Å²) in [5, 5.41) is 12.0. The molecule has 0 amide bonds. The van der Waals surface area contributed by atoms with E-state index in [0.717, 1.165) is 25.1 Å². The topological polar surface area (TPSA) is 71.5 Å². The van der Waals surface area contributed by atoms with E-state index >= 15 is 0 Å². The van der Waals surface area contributed by atoms with Crippen molar-refractivity contribution in [3.63, 3.8) is 0 Å². The molecule has 108 valence electrons. The first-order valence-electron chi connectivity index (χ1n) is 7.25. The van der Waals surface area contributed by atoms with Crippen LogP contribution in [-0.4, -0.2) is 35.3 Å². The number of hydrogen-bond donors (Lipinski definition) is 2. The average molecular weight is 276 g/mol. The number of carboxylic acid groups (broad SMARTS) is 1. The minimum atomic E-state index is -0.709. The summed E-state index contributed by atoms with van der Waals surface area (Å²) in [5.41, 5.74) is 1.18. The van der Waals surface area contributed by atoms with Gasteiger partial charge in [-0.2, -0.15) is 0 Å². The minimum Gasteiger partial charge on any atom is -0.490 e. The van der Waals surface area contributed by atoms with Gasteiger partial charge in [0.1, 0.15) is 12.4 Å². The maximum Gasteiger partial charge on any atom is 0.303 e. The molecule has 1 saturated heterocycles. The molecule has 0 aromatic carbocycles. The fourth-order valence-corrected chi connectivity index (χ4v) is 2.69. The summed E-state index contributed by atoms with van der Waals surface area (Å²) in [6.07, 6.45) is 6.89. The fraction of sp³-hybridized carbons (Fsp3) is 0.600. The van der Waals surface area contributed by atoms with E-state index in [9.17, 15) is 4.79 Å². The van der Waals surface area contributed by atoms with Crippen molar-refractivity contribution in [2.24, 2.45) is 5.92 Å². The molecule has 5 nitrogen and oxygen atoms in total. The van der Waals surface area contributed by atoms with Crippen LogP contribution in [0.4, 0.5) is 0 Å². The molecular formula is C15H20N2O3. The predicted octanol–water partition coefficient (Wildman–Crippen LogP) is 1.79. The highest BCUT2D eigenvalue weighted by molar-refractivity contribution is 5.66. The van der Waals surface area contributed by atoms with Gasteiger partial charge < -0.3 is 15.2 Å². The van der Waals surface area contributed by atoms with Crippen LogP contribution in [0.2, 0.25) is 0 Å². The number of aliphatic carboxylic acids is 1. The summed E-state index contributed by atoms with van der Waals surface area (Å²) in [4.78, 5) is 14.8. The van der Waals surface area contributed by atoms with E-state index < -0.39 is 5.97 Å². The van der Waals surface area contributed by atoms with Crippen LogP contribution in [0.1, 0.15) is 37.2 Å². The van der Waals surface area contributed by atoms with Crippen molar-refractivity contribution in [2.45, 2.75) is 37.6 Å². The van der Waals surface area contributed by atoms with Crippen molar-refractivity contribution in [1.29, 1.82) is 0 Å². The van der Waals surface area contributed by atoms with Crippen molar-refractivity contribution in [1.82, 2.24) is 10.3 Å².